The highest BCUT2D eigenvalue weighted by molar-refractivity contribution is 4.92. The molecule has 0 spiro atoms. The first-order valence-corrected chi connectivity index (χ1v) is 5.92. The van der Waals surface area contributed by atoms with E-state index in [4.69, 9.17) is 0 Å². The van der Waals surface area contributed by atoms with Gasteiger partial charge < -0.3 is 10.2 Å². The number of rotatable bonds is 5. The van der Waals surface area contributed by atoms with Crippen LogP contribution >= 0.6 is 0 Å². The first-order valence-electron chi connectivity index (χ1n) is 5.92. The maximum atomic E-state index is 3.85. The van der Waals surface area contributed by atoms with Gasteiger partial charge in [-0.15, -0.1) is 6.58 Å². The zero-order chi connectivity index (χ0) is 11.3. The van der Waals surface area contributed by atoms with Crippen LogP contribution in [0, 0.1) is 0 Å². The number of nitrogens with zero attached hydrogens (tertiary/aromatic N) is 2. The van der Waals surface area contributed by atoms with Crippen LogP contribution in [0.1, 0.15) is 13.3 Å². The summed E-state index contributed by atoms with van der Waals surface area (Å²) in [6.07, 6.45) is 3.08. The summed E-state index contributed by atoms with van der Waals surface area (Å²) in [6, 6.07) is 1.15. The zero-order valence-electron chi connectivity index (χ0n) is 10.4. The van der Waals surface area contributed by atoms with Crippen molar-refractivity contribution in [1.82, 2.24) is 15.1 Å². The fourth-order valence-electron chi connectivity index (χ4n) is 2.30. The predicted octanol–water partition coefficient (Wildman–Crippen LogP) is 0.786. The van der Waals surface area contributed by atoms with Crippen molar-refractivity contribution in [2.75, 3.05) is 40.3 Å². The summed E-state index contributed by atoms with van der Waals surface area (Å²) in [7, 11) is 4.43. The van der Waals surface area contributed by atoms with Crippen molar-refractivity contribution in [3.63, 3.8) is 0 Å². The van der Waals surface area contributed by atoms with Crippen molar-refractivity contribution < 1.29 is 0 Å². The maximum absolute atomic E-state index is 3.85. The van der Waals surface area contributed by atoms with Crippen LogP contribution in [0.3, 0.4) is 0 Å². The molecule has 0 amide bonds. The Morgan fingerprint density at radius 1 is 1.47 bits per heavy atom. The minimum Gasteiger partial charge on any atom is -0.312 e. The number of likely N-dealkylation sites (N-methyl/N-ethyl adjacent to an activating group) is 3. The van der Waals surface area contributed by atoms with Crippen LogP contribution in [-0.4, -0.2) is 62.2 Å². The van der Waals surface area contributed by atoms with Gasteiger partial charge in [-0.3, -0.25) is 4.90 Å². The Morgan fingerprint density at radius 3 is 2.80 bits per heavy atom. The van der Waals surface area contributed by atoms with Gasteiger partial charge in [-0.25, -0.2) is 0 Å². The number of nitrogens with one attached hydrogen (secondary N) is 1. The molecule has 0 aromatic carbocycles. The molecule has 1 heterocycles. The van der Waals surface area contributed by atoms with E-state index in [0.717, 1.165) is 19.5 Å². The number of hydrogen-bond acceptors (Lipinski definition) is 3. The average molecular weight is 211 g/mol. The summed E-state index contributed by atoms with van der Waals surface area (Å²) >= 11 is 0. The molecule has 0 radical (unpaired) electrons. The Kier molecular flexibility index (Phi) is 5.29. The Balaban J connectivity index is 2.57. The van der Waals surface area contributed by atoms with E-state index in [0.29, 0.717) is 12.1 Å². The summed E-state index contributed by atoms with van der Waals surface area (Å²) < 4.78 is 0. The predicted molar refractivity (Wildman–Crippen MR) is 66.2 cm³/mol. The van der Waals surface area contributed by atoms with Crippen LogP contribution in [0.5, 0.6) is 0 Å². The number of hydrogen-bond donors (Lipinski definition) is 1. The van der Waals surface area contributed by atoms with Crippen LogP contribution in [0.4, 0.5) is 0 Å². The lowest BCUT2D eigenvalue weighted by Gasteiger charge is -2.42. The molecule has 0 aromatic rings. The molecule has 0 aliphatic carbocycles. The molecule has 1 aliphatic heterocycles. The van der Waals surface area contributed by atoms with Crippen LogP contribution in [0.25, 0.3) is 0 Å². The number of piperazine rings is 1. The Bertz CT molecular complexity index is 193. The van der Waals surface area contributed by atoms with Gasteiger partial charge in [0.15, 0.2) is 0 Å². The summed E-state index contributed by atoms with van der Waals surface area (Å²) in [5, 5.41) is 3.56. The lowest BCUT2D eigenvalue weighted by Crippen LogP contribution is -2.58. The fraction of sp³-hybridized carbons (Fsp3) is 0.833. The molecule has 88 valence electrons. The first kappa shape index (κ1) is 12.7. The molecule has 0 aromatic heterocycles. The molecule has 15 heavy (non-hydrogen) atoms. The van der Waals surface area contributed by atoms with E-state index in [1.54, 1.807) is 0 Å². The van der Waals surface area contributed by atoms with Gasteiger partial charge in [0, 0.05) is 31.7 Å². The average Bonchev–Trinajstić information content (AvgIpc) is 2.21. The third-order valence-electron chi connectivity index (χ3n) is 3.25. The van der Waals surface area contributed by atoms with Gasteiger partial charge in [0.25, 0.3) is 0 Å². The van der Waals surface area contributed by atoms with Crippen molar-refractivity contribution in [2.24, 2.45) is 0 Å². The molecule has 3 heteroatoms. The Morgan fingerprint density at radius 2 is 2.20 bits per heavy atom. The molecule has 1 saturated heterocycles. The minimum absolute atomic E-state index is 0.542. The SMILES string of the molecule is C=CCC(NCC)C1CN(C)CCN1C. The van der Waals surface area contributed by atoms with Crippen LogP contribution in [0.15, 0.2) is 12.7 Å². The second-order valence-corrected chi connectivity index (χ2v) is 4.50. The van der Waals surface area contributed by atoms with Gasteiger partial charge in [-0.05, 0) is 27.1 Å². The molecule has 1 rings (SSSR count). The monoisotopic (exact) mass is 211 g/mol. The lowest BCUT2D eigenvalue weighted by atomic mass is 10.0. The van der Waals surface area contributed by atoms with Crippen molar-refractivity contribution in [2.45, 2.75) is 25.4 Å². The second kappa shape index (κ2) is 6.26. The van der Waals surface area contributed by atoms with Crippen molar-refractivity contribution in [3.8, 4) is 0 Å². The molecular formula is C12H25N3. The molecule has 0 saturated carbocycles. The van der Waals surface area contributed by atoms with E-state index < -0.39 is 0 Å². The summed E-state index contributed by atoms with van der Waals surface area (Å²) in [4.78, 5) is 4.88. The van der Waals surface area contributed by atoms with Crippen molar-refractivity contribution in [1.29, 1.82) is 0 Å². The van der Waals surface area contributed by atoms with Gasteiger partial charge in [0.05, 0.1) is 0 Å². The van der Waals surface area contributed by atoms with E-state index >= 15 is 0 Å². The Hall–Kier alpha value is -0.380. The second-order valence-electron chi connectivity index (χ2n) is 4.50. The minimum atomic E-state index is 0.542. The standard InChI is InChI=1S/C12H25N3/c1-5-7-11(13-6-2)12-10-14(3)8-9-15(12)4/h5,11-13H,1,6-10H2,2-4H3. The van der Waals surface area contributed by atoms with Crippen LogP contribution < -0.4 is 5.32 Å². The molecular weight excluding hydrogens is 186 g/mol. The van der Waals surface area contributed by atoms with E-state index in [1.807, 2.05) is 6.08 Å². The Labute approximate surface area is 94.1 Å². The van der Waals surface area contributed by atoms with Gasteiger partial charge >= 0.3 is 0 Å². The summed E-state index contributed by atoms with van der Waals surface area (Å²) in [6.45, 7) is 10.6. The molecule has 1 aliphatic rings. The van der Waals surface area contributed by atoms with E-state index in [2.05, 4.69) is 42.7 Å². The third kappa shape index (κ3) is 3.59. The molecule has 2 unspecified atom stereocenters. The molecule has 2 atom stereocenters. The van der Waals surface area contributed by atoms with E-state index in [-0.39, 0.29) is 0 Å². The van der Waals surface area contributed by atoms with Gasteiger partial charge in [-0.1, -0.05) is 13.0 Å². The smallest absolute Gasteiger partial charge is 0.0376 e. The molecule has 0 bridgehead atoms. The first-order chi connectivity index (χ1) is 7.19. The van der Waals surface area contributed by atoms with E-state index in [9.17, 15) is 0 Å². The highest BCUT2D eigenvalue weighted by Gasteiger charge is 2.28. The van der Waals surface area contributed by atoms with Gasteiger partial charge in [-0.2, -0.15) is 0 Å². The summed E-state index contributed by atoms with van der Waals surface area (Å²) in [5.41, 5.74) is 0. The summed E-state index contributed by atoms with van der Waals surface area (Å²) in [5.74, 6) is 0. The fourth-order valence-corrected chi connectivity index (χ4v) is 2.30. The van der Waals surface area contributed by atoms with Crippen LogP contribution in [-0.2, 0) is 0 Å². The topological polar surface area (TPSA) is 18.5 Å². The molecule has 1 N–H and O–H groups in total. The largest absolute Gasteiger partial charge is 0.312 e. The highest BCUT2D eigenvalue weighted by atomic mass is 15.3. The van der Waals surface area contributed by atoms with E-state index in [1.165, 1.54) is 13.1 Å². The molecule has 3 nitrogen and oxygen atoms in total. The lowest BCUT2D eigenvalue weighted by molar-refractivity contribution is 0.0888. The third-order valence-corrected chi connectivity index (χ3v) is 3.25. The van der Waals surface area contributed by atoms with Crippen LogP contribution in [0.2, 0.25) is 0 Å². The van der Waals surface area contributed by atoms with Gasteiger partial charge in [0.1, 0.15) is 0 Å². The normalized spacial score (nSPS) is 26.5. The maximum Gasteiger partial charge on any atom is 0.0376 e. The quantitative estimate of drug-likeness (QED) is 0.678. The molecule has 1 fully saturated rings. The highest BCUT2D eigenvalue weighted by Crippen LogP contribution is 2.12. The van der Waals surface area contributed by atoms with Crippen molar-refractivity contribution >= 4 is 0 Å². The zero-order valence-corrected chi connectivity index (χ0v) is 10.4. The van der Waals surface area contributed by atoms with Gasteiger partial charge in [0.2, 0.25) is 0 Å². The van der Waals surface area contributed by atoms with Crippen molar-refractivity contribution in [3.05, 3.63) is 12.7 Å².